The van der Waals surface area contributed by atoms with Crippen LogP contribution < -0.4 is 5.32 Å². The molecule has 23 heavy (non-hydrogen) atoms. The van der Waals surface area contributed by atoms with Crippen LogP contribution >= 0.6 is 11.8 Å². The Morgan fingerprint density at radius 1 is 1.26 bits per heavy atom. The number of para-hydroxylation sites is 1. The van der Waals surface area contributed by atoms with Crippen LogP contribution in [-0.4, -0.2) is 49.0 Å². The number of hydrogen-bond donors (Lipinski definition) is 2. The lowest BCUT2D eigenvalue weighted by Gasteiger charge is -2.22. The standard InChI is InChI=1S/C16H19N5OS/c1-16(22,10-23-2)9-17-14-13-8-20-21(15(13)19-11-18-14)12-6-4-3-5-7-12/h3-8,11,22H,9-10H2,1-2H3,(H,17,18,19). The number of aliphatic hydroxyl groups is 1. The molecule has 120 valence electrons. The van der Waals surface area contributed by atoms with Crippen LogP contribution in [0, 0.1) is 0 Å². The van der Waals surface area contributed by atoms with E-state index in [4.69, 9.17) is 0 Å². The SMILES string of the molecule is CSCC(C)(O)CNc1ncnc2c1cnn2-c1ccccc1. The molecule has 0 aliphatic rings. The maximum atomic E-state index is 10.3. The summed E-state index contributed by atoms with van der Waals surface area (Å²) in [6.45, 7) is 2.22. The van der Waals surface area contributed by atoms with Crippen LogP contribution in [0.2, 0.25) is 0 Å². The minimum atomic E-state index is -0.799. The summed E-state index contributed by atoms with van der Waals surface area (Å²) in [5, 5.41) is 18.7. The highest BCUT2D eigenvalue weighted by molar-refractivity contribution is 7.98. The zero-order chi connectivity index (χ0) is 16.3. The quantitative estimate of drug-likeness (QED) is 0.723. The zero-order valence-corrected chi connectivity index (χ0v) is 13.9. The summed E-state index contributed by atoms with van der Waals surface area (Å²) in [6.07, 6.45) is 5.23. The predicted octanol–water partition coefficient (Wildman–Crippen LogP) is 2.34. The second-order valence-corrected chi connectivity index (χ2v) is 6.50. The van der Waals surface area contributed by atoms with Gasteiger partial charge in [-0.15, -0.1) is 0 Å². The van der Waals surface area contributed by atoms with E-state index >= 15 is 0 Å². The molecule has 3 aromatic rings. The van der Waals surface area contributed by atoms with Gasteiger partial charge in [0.25, 0.3) is 0 Å². The smallest absolute Gasteiger partial charge is 0.168 e. The van der Waals surface area contributed by atoms with Crippen LogP contribution in [0.15, 0.2) is 42.9 Å². The third kappa shape index (κ3) is 3.46. The minimum absolute atomic E-state index is 0.413. The third-order valence-electron chi connectivity index (χ3n) is 3.46. The van der Waals surface area contributed by atoms with E-state index in [1.54, 1.807) is 22.6 Å². The maximum Gasteiger partial charge on any atom is 0.168 e. The molecule has 1 atom stereocenters. The number of rotatable bonds is 6. The van der Waals surface area contributed by atoms with Crippen LogP contribution in [0.4, 0.5) is 5.82 Å². The number of benzene rings is 1. The fraction of sp³-hybridized carbons (Fsp3) is 0.312. The second kappa shape index (κ2) is 6.55. The molecule has 2 heterocycles. The summed E-state index contributed by atoms with van der Waals surface area (Å²) < 4.78 is 1.78. The molecule has 1 aromatic carbocycles. The topological polar surface area (TPSA) is 75.9 Å². The lowest BCUT2D eigenvalue weighted by molar-refractivity contribution is 0.0996. The fourth-order valence-corrected chi connectivity index (χ4v) is 3.10. The molecule has 0 aliphatic carbocycles. The number of aromatic nitrogens is 4. The normalized spacial score (nSPS) is 13.9. The van der Waals surface area contributed by atoms with Gasteiger partial charge in [-0.3, -0.25) is 0 Å². The van der Waals surface area contributed by atoms with Crippen molar-refractivity contribution in [2.75, 3.05) is 23.9 Å². The molecule has 0 fully saturated rings. The van der Waals surface area contributed by atoms with E-state index in [2.05, 4.69) is 20.4 Å². The van der Waals surface area contributed by atoms with Gasteiger partial charge in [0.1, 0.15) is 12.1 Å². The van der Waals surface area contributed by atoms with Gasteiger partial charge in [-0.1, -0.05) is 18.2 Å². The maximum absolute atomic E-state index is 10.3. The molecule has 2 aromatic heterocycles. The average molecular weight is 329 g/mol. The lowest BCUT2D eigenvalue weighted by Crippen LogP contribution is -2.36. The lowest BCUT2D eigenvalue weighted by atomic mass is 10.1. The summed E-state index contributed by atoms with van der Waals surface area (Å²) in [5.74, 6) is 1.33. The first-order valence-electron chi connectivity index (χ1n) is 7.30. The minimum Gasteiger partial charge on any atom is -0.387 e. The van der Waals surface area contributed by atoms with E-state index in [9.17, 15) is 5.11 Å². The number of anilines is 1. The Morgan fingerprint density at radius 2 is 2.04 bits per heavy atom. The Bertz CT molecular complexity index is 788. The summed E-state index contributed by atoms with van der Waals surface area (Å²) >= 11 is 1.61. The molecule has 0 amide bonds. The molecule has 0 saturated carbocycles. The van der Waals surface area contributed by atoms with E-state index in [0.717, 1.165) is 16.7 Å². The highest BCUT2D eigenvalue weighted by Crippen LogP contribution is 2.22. The Labute approximate surface area is 139 Å². The highest BCUT2D eigenvalue weighted by Gasteiger charge is 2.20. The molecular weight excluding hydrogens is 310 g/mol. The molecule has 0 saturated heterocycles. The summed E-state index contributed by atoms with van der Waals surface area (Å²) in [5.41, 5.74) is 0.881. The van der Waals surface area contributed by atoms with Crippen molar-refractivity contribution >= 4 is 28.6 Å². The number of nitrogens with one attached hydrogen (secondary N) is 1. The van der Waals surface area contributed by atoms with Crippen LogP contribution in [0.25, 0.3) is 16.7 Å². The number of nitrogens with zero attached hydrogens (tertiary/aromatic N) is 4. The first-order valence-corrected chi connectivity index (χ1v) is 8.69. The largest absolute Gasteiger partial charge is 0.387 e. The fourth-order valence-electron chi connectivity index (χ4n) is 2.38. The van der Waals surface area contributed by atoms with Crippen molar-refractivity contribution in [2.45, 2.75) is 12.5 Å². The van der Waals surface area contributed by atoms with Gasteiger partial charge in [-0.2, -0.15) is 16.9 Å². The summed E-state index contributed by atoms with van der Waals surface area (Å²) in [7, 11) is 0. The van der Waals surface area contributed by atoms with Gasteiger partial charge in [-0.05, 0) is 25.3 Å². The van der Waals surface area contributed by atoms with Crippen molar-refractivity contribution in [3.05, 3.63) is 42.9 Å². The van der Waals surface area contributed by atoms with Gasteiger partial charge in [0.15, 0.2) is 5.65 Å². The van der Waals surface area contributed by atoms with Gasteiger partial charge in [0.2, 0.25) is 0 Å². The van der Waals surface area contributed by atoms with Crippen molar-refractivity contribution in [2.24, 2.45) is 0 Å². The predicted molar refractivity (Wildman–Crippen MR) is 94.2 cm³/mol. The molecule has 7 heteroatoms. The molecule has 3 rings (SSSR count). The van der Waals surface area contributed by atoms with E-state index in [1.807, 2.05) is 43.5 Å². The van der Waals surface area contributed by atoms with Crippen molar-refractivity contribution in [3.63, 3.8) is 0 Å². The van der Waals surface area contributed by atoms with Gasteiger partial charge in [0.05, 0.1) is 22.9 Å². The molecule has 0 radical (unpaired) electrons. The van der Waals surface area contributed by atoms with Crippen molar-refractivity contribution in [1.82, 2.24) is 19.7 Å². The third-order valence-corrected chi connectivity index (χ3v) is 4.37. The van der Waals surface area contributed by atoms with Gasteiger partial charge >= 0.3 is 0 Å². The monoisotopic (exact) mass is 329 g/mol. The second-order valence-electron chi connectivity index (χ2n) is 5.63. The Kier molecular flexibility index (Phi) is 4.49. The first kappa shape index (κ1) is 15.8. The molecular formula is C16H19N5OS. The Hall–Kier alpha value is -2.12. The van der Waals surface area contributed by atoms with Gasteiger partial charge < -0.3 is 10.4 Å². The van der Waals surface area contributed by atoms with E-state index in [0.29, 0.717) is 18.1 Å². The number of thioether (sulfide) groups is 1. The van der Waals surface area contributed by atoms with E-state index in [1.165, 1.54) is 6.33 Å². The van der Waals surface area contributed by atoms with Crippen molar-refractivity contribution in [3.8, 4) is 5.69 Å². The van der Waals surface area contributed by atoms with Crippen LogP contribution in [0.1, 0.15) is 6.92 Å². The average Bonchev–Trinajstić information content (AvgIpc) is 2.98. The zero-order valence-electron chi connectivity index (χ0n) is 13.1. The molecule has 2 N–H and O–H groups in total. The van der Waals surface area contributed by atoms with Gasteiger partial charge in [-0.25, -0.2) is 14.6 Å². The Morgan fingerprint density at radius 3 is 2.78 bits per heavy atom. The number of fused-ring (bicyclic) bond motifs is 1. The highest BCUT2D eigenvalue weighted by atomic mass is 32.2. The Balaban J connectivity index is 1.90. The molecule has 0 aliphatic heterocycles. The molecule has 1 unspecified atom stereocenters. The number of hydrogen-bond acceptors (Lipinski definition) is 6. The van der Waals surface area contributed by atoms with Crippen LogP contribution in [-0.2, 0) is 0 Å². The van der Waals surface area contributed by atoms with E-state index < -0.39 is 5.60 Å². The summed E-state index contributed by atoms with van der Waals surface area (Å²) in [6, 6.07) is 9.84. The molecule has 0 bridgehead atoms. The van der Waals surface area contributed by atoms with E-state index in [-0.39, 0.29) is 0 Å². The van der Waals surface area contributed by atoms with Gasteiger partial charge in [0, 0.05) is 12.3 Å². The first-order chi connectivity index (χ1) is 11.1. The van der Waals surface area contributed by atoms with Crippen LogP contribution in [0.5, 0.6) is 0 Å². The molecule has 6 nitrogen and oxygen atoms in total. The molecule has 0 spiro atoms. The van der Waals surface area contributed by atoms with Crippen LogP contribution in [0.3, 0.4) is 0 Å². The summed E-state index contributed by atoms with van der Waals surface area (Å²) in [4.78, 5) is 8.63. The van der Waals surface area contributed by atoms with Crippen molar-refractivity contribution < 1.29 is 5.11 Å². The van der Waals surface area contributed by atoms with Crippen molar-refractivity contribution in [1.29, 1.82) is 0 Å².